The van der Waals surface area contributed by atoms with Crippen molar-refractivity contribution in [1.82, 2.24) is 4.72 Å². The van der Waals surface area contributed by atoms with Crippen molar-refractivity contribution in [1.29, 1.82) is 0 Å². The Kier molecular flexibility index (Phi) is 3.10. The highest BCUT2D eigenvalue weighted by atomic mass is 79.9. The maximum Gasteiger partial charge on any atom is 0.240 e. The van der Waals surface area contributed by atoms with Crippen LogP contribution in [-0.4, -0.2) is 15.5 Å². The molecule has 0 aliphatic carbocycles. The monoisotopic (exact) mass is 263 g/mol. The van der Waals surface area contributed by atoms with Gasteiger partial charge in [0, 0.05) is 4.47 Å². The van der Waals surface area contributed by atoms with Crippen LogP contribution in [0, 0.1) is 6.92 Å². The third-order valence-electron chi connectivity index (χ3n) is 1.78. The molecule has 0 unspecified atom stereocenters. The van der Waals surface area contributed by atoms with Crippen LogP contribution in [0.5, 0.6) is 0 Å². The number of rotatable bonds is 2. The lowest BCUT2D eigenvalue weighted by Gasteiger charge is -2.06. The third kappa shape index (κ3) is 2.10. The minimum Gasteiger partial charge on any atom is -0.214 e. The average molecular weight is 264 g/mol. The predicted molar refractivity (Wildman–Crippen MR) is 55.1 cm³/mol. The minimum absolute atomic E-state index is 0.310. The molecule has 1 rings (SSSR count). The van der Waals surface area contributed by atoms with Crippen LogP contribution in [-0.2, 0) is 10.0 Å². The van der Waals surface area contributed by atoms with Gasteiger partial charge in [0.15, 0.2) is 0 Å². The first-order chi connectivity index (χ1) is 5.99. The zero-order valence-corrected chi connectivity index (χ0v) is 9.74. The SMILES string of the molecule is CNS(=O)(=O)c1cccc(Br)c1C. The Labute approximate surface area is 86.3 Å². The second-order valence-electron chi connectivity index (χ2n) is 2.57. The zero-order valence-electron chi connectivity index (χ0n) is 7.33. The van der Waals surface area contributed by atoms with E-state index < -0.39 is 10.0 Å². The Morgan fingerprint density at radius 2 is 2.00 bits per heavy atom. The van der Waals surface area contributed by atoms with Gasteiger partial charge in [0.05, 0.1) is 4.90 Å². The van der Waals surface area contributed by atoms with E-state index in [0.29, 0.717) is 4.90 Å². The molecule has 1 aromatic carbocycles. The summed E-state index contributed by atoms with van der Waals surface area (Å²) in [6.45, 7) is 1.76. The van der Waals surface area contributed by atoms with E-state index >= 15 is 0 Å². The van der Waals surface area contributed by atoms with Gasteiger partial charge in [-0.1, -0.05) is 22.0 Å². The molecule has 0 bridgehead atoms. The molecule has 0 heterocycles. The summed E-state index contributed by atoms with van der Waals surface area (Å²) in [4.78, 5) is 0.310. The Morgan fingerprint density at radius 1 is 1.38 bits per heavy atom. The standard InChI is InChI=1S/C8H10BrNO2S/c1-6-7(9)4-3-5-8(6)13(11,12)10-2/h3-5,10H,1-2H3. The van der Waals surface area contributed by atoms with Crippen molar-refractivity contribution < 1.29 is 8.42 Å². The Morgan fingerprint density at radius 3 is 2.54 bits per heavy atom. The van der Waals surface area contributed by atoms with E-state index in [-0.39, 0.29) is 0 Å². The van der Waals surface area contributed by atoms with Crippen LogP contribution in [0.2, 0.25) is 0 Å². The van der Waals surface area contributed by atoms with Gasteiger partial charge in [-0.05, 0) is 31.7 Å². The molecule has 0 aromatic heterocycles. The van der Waals surface area contributed by atoms with Gasteiger partial charge >= 0.3 is 0 Å². The van der Waals surface area contributed by atoms with Crippen LogP contribution in [0.15, 0.2) is 27.6 Å². The molecule has 0 aliphatic rings. The molecule has 0 amide bonds. The number of nitrogens with one attached hydrogen (secondary N) is 1. The highest BCUT2D eigenvalue weighted by molar-refractivity contribution is 9.10. The molecule has 0 atom stereocenters. The van der Waals surface area contributed by atoms with E-state index in [4.69, 9.17) is 0 Å². The first kappa shape index (κ1) is 10.7. The lowest BCUT2D eigenvalue weighted by atomic mass is 10.2. The summed E-state index contributed by atoms with van der Waals surface area (Å²) in [7, 11) is -1.93. The molecule has 13 heavy (non-hydrogen) atoms. The van der Waals surface area contributed by atoms with E-state index in [2.05, 4.69) is 20.7 Å². The molecule has 1 aromatic rings. The molecule has 0 saturated heterocycles. The van der Waals surface area contributed by atoms with Crippen molar-refractivity contribution in [2.75, 3.05) is 7.05 Å². The van der Waals surface area contributed by atoms with Gasteiger partial charge in [-0.2, -0.15) is 0 Å². The number of hydrogen-bond donors (Lipinski definition) is 1. The van der Waals surface area contributed by atoms with Crippen molar-refractivity contribution in [2.24, 2.45) is 0 Å². The fraction of sp³-hybridized carbons (Fsp3) is 0.250. The molecule has 1 N–H and O–H groups in total. The van der Waals surface area contributed by atoms with Gasteiger partial charge in [0.25, 0.3) is 0 Å². The largest absolute Gasteiger partial charge is 0.240 e. The first-order valence-corrected chi connectivity index (χ1v) is 5.95. The average Bonchev–Trinajstić information content (AvgIpc) is 2.09. The molecular weight excluding hydrogens is 254 g/mol. The van der Waals surface area contributed by atoms with E-state index in [0.717, 1.165) is 10.0 Å². The van der Waals surface area contributed by atoms with Crippen molar-refractivity contribution in [2.45, 2.75) is 11.8 Å². The van der Waals surface area contributed by atoms with Crippen LogP contribution in [0.1, 0.15) is 5.56 Å². The maximum atomic E-state index is 11.4. The normalized spacial score (nSPS) is 11.6. The first-order valence-electron chi connectivity index (χ1n) is 3.67. The number of sulfonamides is 1. The Balaban J connectivity index is 3.40. The molecule has 0 spiro atoms. The van der Waals surface area contributed by atoms with Crippen molar-refractivity contribution in [3.63, 3.8) is 0 Å². The highest BCUT2D eigenvalue weighted by Gasteiger charge is 2.14. The van der Waals surface area contributed by atoms with Crippen LogP contribution < -0.4 is 4.72 Å². The van der Waals surface area contributed by atoms with Gasteiger partial charge < -0.3 is 0 Å². The second-order valence-corrected chi connectivity index (χ2v) is 5.28. The fourth-order valence-electron chi connectivity index (χ4n) is 0.989. The fourth-order valence-corrected chi connectivity index (χ4v) is 2.48. The smallest absolute Gasteiger partial charge is 0.214 e. The summed E-state index contributed by atoms with van der Waals surface area (Å²) in [6.07, 6.45) is 0. The highest BCUT2D eigenvalue weighted by Crippen LogP contribution is 2.22. The number of hydrogen-bond acceptors (Lipinski definition) is 2. The van der Waals surface area contributed by atoms with Gasteiger partial charge in [0.1, 0.15) is 0 Å². The molecule has 0 saturated carbocycles. The molecule has 0 fully saturated rings. The summed E-state index contributed by atoms with van der Waals surface area (Å²) < 4.78 is 26.0. The molecule has 3 nitrogen and oxygen atoms in total. The number of halogens is 1. The Hall–Kier alpha value is -0.390. The second kappa shape index (κ2) is 3.77. The molecular formula is C8H10BrNO2S. The van der Waals surface area contributed by atoms with Gasteiger partial charge in [-0.15, -0.1) is 0 Å². The molecule has 0 aliphatic heterocycles. The van der Waals surface area contributed by atoms with E-state index in [1.165, 1.54) is 7.05 Å². The van der Waals surface area contributed by atoms with Crippen LogP contribution >= 0.6 is 15.9 Å². The zero-order chi connectivity index (χ0) is 10.1. The van der Waals surface area contributed by atoms with Gasteiger partial charge in [0.2, 0.25) is 10.0 Å². The summed E-state index contributed by atoms with van der Waals surface area (Å²) in [6, 6.07) is 5.08. The van der Waals surface area contributed by atoms with Crippen molar-refractivity contribution in [3.8, 4) is 0 Å². The lowest BCUT2D eigenvalue weighted by molar-refractivity contribution is 0.587. The summed E-state index contributed by atoms with van der Waals surface area (Å²) in [5, 5.41) is 0. The van der Waals surface area contributed by atoms with Gasteiger partial charge in [-0.3, -0.25) is 0 Å². The predicted octanol–water partition coefficient (Wildman–Crippen LogP) is 1.67. The van der Waals surface area contributed by atoms with Crippen LogP contribution in [0.3, 0.4) is 0 Å². The van der Waals surface area contributed by atoms with E-state index in [1.807, 2.05) is 6.07 Å². The van der Waals surface area contributed by atoms with Crippen LogP contribution in [0.4, 0.5) is 0 Å². The molecule has 5 heteroatoms. The molecule has 72 valence electrons. The van der Waals surface area contributed by atoms with Crippen molar-refractivity contribution >= 4 is 26.0 Å². The summed E-state index contributed by atoms with van der Waals surface area (Å²) >= 11 is 3.28. The molecule has 0 radical (unpaired) electrons. The quantitative estimate of drug-likeness (QED) is 0.883. The number of benzene rings is 1. The van der Waals surface area contributed by atoms with E-state index in [9.17, 15) is 8.42 Å². The van der Waals surface area contributed by atoms with Crippen LogP contribution in [0.25, 0.3) is 0 Å². The Bertz CT molecular complexity index is 414. The lowest BCUT2D eigenvalue weighted by Crippen LogP contribution is -2.19. The topological polar surface area (TPSA) is 46.2 Å². The van der Waals surface area contributed by atoms with Gasteiger partial charge in [-0.25, -0.2) is 13.1 Å². The van der Waals surface area contributed by atoms with E-state index in [1.54, 1.807) is 19.1 Å². The summed E-state index contributed by atoms with van der Waals surface area (Å²) in [5.74, 6) is 0. The van der Waals surface area contributed by atoms with Crippen molar-refractivity contribution in [3.05, 3.63) is 28.2 Å². The summed E-state index contributed by atoms with van der Waals surface area (Å²) in [5.41, 5.74) is 0.719. The minimum atomic E-state index is -3.33. The third-order valence-corrected chi connectivity index (χ3v) is 4.19. The maximum absolute atomic E-state index is 11.4.